The SMILES string of the molecule is CN=C(NCc1ccc(-n2nc(C)cc2C)nc1)NCc1ccc(Cl)cc1Cl. The van der Waals surface area contributed by atoms with Gasteiger partial charge in [0.15, 0.2) is 11.8 Å². The molecule has 28 heavy (non-hydrogen) atoms. The molecule has 2 N–H and O–H groups in total. The van der Waals surface area contributed by atoms with E-state index in [0.717, 1.165) is 28.3 Å². The average molecular weight is 417 g/mol. The summed E-state index contributed by atoms with van der Waals surface area (Å²) in [6.45, 7) is 5.13. The number of hydrogen-bond acceptors (Lipinski definition) is 3. The topological polar surface area (TPSA) is 67.1 Å². The van der Waals surface area contributed by atoms with Crippen LogP contribution in [0.3, 0.4) is 0 Å². The monoisotopic (exact) mass is 416 g/mol. The van der Waals surface area contributed by atoms with E-state index in [9.17, 15) is 0 Å². The molecular weight excluding hydrogens is 395 g/mol. The summed E-state index contributed by atoms with van der Waals surface area (Å²) in [7, 11) is 1.73. The highest BCUT2D eigenvalue weighted by Gasteiger charge is 2.06. The molecule has 0 aliphatic rings. The van der Waals surface area contributed by atoms with Crippen molar-refractivity contribution in [3.8, 4) is 5.82 Å². The molecule has 0 unspecified atom stereocenters. The number of hydrogen-bond donors (Lipinski definition) is 2. The lowest BCUT2D eigenvalue weighted by Gasteiger charge is -2.13. The van der Waals surface area contributed by atoms with Gasteiger partial charge in [-0.2, -0.15) is 5.10 Å². The van der Waals surface area contributed by atoms with E-state index in [1.807, 2.05) is 55.1 Å². The standard InChI is InChI=1S/C20H22Cl2N6/c1-13-8-14(2)28(27-13)19-7-4-15(10-24-19)11-25-20(23-3)26-12-16-5-6-17(21)9-18(16)22/h4-10H,11-12H2,1-3H3,(H2,23,25,26). The molecule has 0 atom stereocenters. The van der Waals surface area contributed by atoms with Crippen molar-refractivity contribution in [1.29, 1.82) is 0 Å². The lowest BCUT2D eigenvalue weighted by Crippen LogP contribution is -2.36. The lowest BCUT2D eigenvalue weighted by atomic mass is 10.2. The van der Waals surface area contributed by atoms with Crippen molar-refractivity contribution in [2.75, 3.05) is 7.05 Å². The summed E-state index contributed by atoms with van der Waals surface area (Å²) in [6, 6.07) is 11.4. The lowest BCUT2D eigenvalue weighted by molar-refractivity contribution is 0.790. The van der Waals surface area contributed by atoms with Crippen molar-refractivity contribution in [1.82, 2.24) is 25.4 Å². The van der Waals surface area contributed by atoms with Crippen molar-refractivity contribution in [2.45, 2.75) is 26.9 Å². The van der Waals surface area contributed by atoms with Crippen molar-refractivity contribution < 1.29 is 0 Å². The van der Waals surface area contributed by atoms with Crippen LogP contribution in [0.4, 0.5) is 0 Å². The van der Waals surface area contributed by atoms with Crippen LogP contribution in [0, 0.1) is 13.8 Å². The van der Waals surface area contributed by atoms with E-state index in [1.165, 1.54) is 0 Å². The Kier molecular flexibility index (Phi) is 6.54. The molecule has 0 fully saturated rings. The van der Waals surface area contributed by atoms with Crippen LogP contribution in [-0.2, 0) is 13.1 Å². The second kappa shape index (κ2) is 9.08. The molecule has 0 spiro atoms. The smallest absolute Gasteiger partial charge is 0.191 e. The Balaban J connectivity index is 1.57. The fraction of sp³-hybridized carbons (Fsp3) is 0.250. The van der Waals surface area contributed by atoms with Gasteiger partial charge in [0.2, 0.25) is 0 Å². The molecule has 6 nitrogen and oxygen atoms in total. The normalized spacial score (nSPS) is 11.5. The van der Waals surface area contributed by atoms with Crippen molar-refractivity contribution in [2.24, 2.45) is 4.99 Å². The maximum Gasteiger partial charge on any atom is 0.191 e. The zero-order valence-electron chi connectivity index (χ0n) is 16.0. The first-order valence-corrected chi connectivity index (χ1v) is 9.59. The number of aromatic nitrogens is 3. The van der Waals surface area contributed by atoms with Gasteiger partial charge in [-0.1, -0.05) is 35.3 Å². The molecule has 0 aliphatic heterocycles. The third kappa shape index (κ3) is 5.03. The van der Waals surface area contributed by atoms with Crippen molar-refractivity contribution in [3.05, 3.63) is 75.2 Å². The summed E-state index contributed by atoms with van der Waals surface area (Å²) in [4.78, 5) is 8.75. The fourth-order valence-electron chi connectivity index (χ4n) is 2.76. The Morgan fingerprint density at radius 3 is 2.46 bits per heavy atom. The van der Waals surface area contributed by atoms with Gasteiger partial charge in [0.05, 0.1) is 5.69 Å². The van der Waals surface area contributed by atoms with E-state index < -0.39 is 0 Å². The van der Waals surface area contributed by atoms with Crippen molar-refractivity contribution >= 4 is 29.2 Å². The minimum atomic E-state index is 0.546. The number of nitrogens with one attached hydrogen (secondary N) is 2. The molecular formula is C20H22Cl2N6. The minimum Gasteiger partial charge on any atom is -0.352 e. The largest absolute Gasteiger partial charge is 0.352 e. The van der Waals surface area contributed by atoms with Gasteiger partial charge < -0.3 is 10.6 Å². The number of aryl methyl sites for hydroxylation is 2. The van der Waals surface area contributed by atoms with Crippen LogP contribution in [-0.4, -0.2) is 27.8 Å². The molecule has 0 aliphatic carbocycles. The number of aliphatic imine (C=N–C) groups is 1. The van der Waals surface area contributed by atoms with E-state index in [-0.39, 0.29) is 0 Å². The molecule has 2 aromatic heterocycles. The second-order valence-corrected chi connectivity index (χ2v) is 7.22. The molecule has 8 heteroatoms. The van der Waals surface area contributed by atoms with Crippen LogP contribution in [0.15, 0.2) is 47.6 Å². The summed E-state index contributed by atoms with van der Waals surface area (Å²) >= 11 is 12.1. The quantitative estimate of drug-likeness (QED) is 0.486. The first kappa shape index (κ1) is 20.2. The Bertz CT molecular complexity index is 979. The summed E-state index contributed by atoms with van der Waals surface area (Å²) in [5.41, 5.74) is 4.02. The predicted octanol–water partition coefficient (Wildman–Crippen LogP) is 4.06. The van der Waals surface area contributed by atoms with Crippen LogP contribution in [0.2, 0.25) is 10.0 Å². The van der Waals surface area contributed by atoms with E-state index in [2.05, 4.69) is 25.7 Å². The van der Waals surface area contributed by atoms with E-state index >= 15 is 0 Å². The van der Waals surface area contributed by atoms with Gasteiger partial charge in [-0.15, -0.1) is 0 Å². The molecule has 0 amide bonds. The van der Waals surface area contributed by atoms with Gasteiger partial charge in [0.1, 0.15) is 0 Å². The van der Waals surface area contributed by atoms with E-state index in [4.69, 9.17) is 23.2 Å². The van der Waals surface area contributed by atoms with Gasteiger partial charge in [-0.05, 0) is 49.2 Å². The zero-order chi connectivity index (χ0) is 20.1. The third-order valence-electron chi connectivity index (χ3n) is 4.18. The minimum absolute atomic E-state index is 0.546. The summed E-state index contributed by atoms with van der Waals surface area (Å²) in [6.07, 6.45) is 1.84. The molecule has 3 rings (SSSR count). The Morgan fingerprint density at radius 2 is 1.86 bits per heavy atom. The van der Waals surface area contributed by atoms with Crippen LogP contribution < -0.4 is 10.6 Å². The number of nitrogens with zero attached hydrogens (tertiary/aromatic N) is 4. The summed E-state index contributed by atoms with van der Waals surface area (Å²) in [5.74, 6) is 1.47. The zero-order valence-corrected chi connectivity index (χ0v) is 17.5. The van der Waals surface area contributed by atoms with Crippen LogP contribution in [0.25, 0.3) is 5.82 Å². The Hall–Kier alpha value is -2.57. The first-order chi connectivity index (χ1) is 13.5. The van der Waals surface area contributed by atoms with Gasteiger partial charge >= 0.3 is 0 Å². The summed E-state index contributed by atoms with van der Waals surface area (Å²) < 4.78 is 1.84. The highest BCUT2D eigenvalue weighted by Crippen LogP contribution is 2.20. The van der Waals surface area contributed by atoms with E-state index in [0.29, 0.717) is 29.1 Å². The average Bonchev–Trinajstić information content (AvgIpc) is 3.02. The highest BCUT2D eigenvalue weighted by atomic mass is 35.5. The molecule has 0 radical (unpaired) electrons. The van der Waals surface area contributed by atoms with Gasteiger partial charge in [0.25, 0.3) is 0 Å². The highest BCUT2D eigenvalue weighted by molar-refractivity contribution is 6.35. The molecule has 1 aromatic carbocycles. The van der Waals surface area contributed by atoms with Crippen LogP contribution in [0.1, 0.15) is 22.5 Å². The number of rotatable bonds is 5. The van der Waals surface area contributed by atoms with Crippen molar-refractivity contribution in [3.63, 3.8) is 0 Å². The number of benzene rings is 1. The van der Waals surface area contributed by atoms with Crippen LogP contribution in [0.5, 0.6) is 0 Å². The molecule has 0 saturated carbocycles. The van der Waals surface area contributed by atoms with Gasteiger partial charge in [0, 0.05) is 42.1 Å². The van der Waals surface area contributed by atoms with Gasteiger partial charge in [-0.25, -0.2) is 9.67 Å². The Morgan fingerprint density at radius 1 is 1.07 bits per heavy atom. The first-order valence-electron chi connectivity index (χ1n) is 8.83. The number of halogens is 2. The molecule has 3 aromatic rings. The predicted molar refractivity (Wildman–Crippen MR) is 114 cm³/mol. The molecule has 0 bridgehead atoms. The maximum absolute atomic E-state index is 6.21. The molecule has 146 valence electrons. The molecule has 2 heterocycles. The Labute approximate surface area is 174 Å². The maximum atomic E-state index is 6.21. The second-order valence-electron chi connectivity index (χ2n) is 6.38. The van der Waals surface area contributed by atoms with Crippen LogP contribution >= 0.6 is 23.2 Å². The van der Waals surface area contributed by atoms with E-state index in [1.54, 1.807) is 13.1 Å². The fourth-order valence-corrected chi connectivity index (χ4v) is 3.23. The third-order valence-corrected chi connectivity index (χ3v) is 4.77. The molecule has 0 saturated heterocycles. The van der Waals surface area contributed by atoms with Gasteiger partial charge in [-0.3, -0.25) is 4.99 Å². The summed E-state index contributed by atoms with van der Waals surface area (Å²) in [5, 5.41) is 12.2. The number of pyridine rings is 1. The number of guanidine groups is 1.